The number of benzene rings is 1. The number of anilines is 1. The Labute approximate surface area is 192 Å². The van der Waals surface area contributed by atoms with Crippen molar-refractivity contribution in [3.8, 4) is 5.75 Å². The Morgan fingerprint density at radius 1 is 1.09 bits per heavy atom. The van der Waals surface area contributed by atoms with Crippen LogP contribution in [-0.4, -0.2) is 51.3 Å². The van der Waals surface area contributed by atoms with Gasteiger partial charge in [0.05, 0.1) is 5.69 Å². The van der Waals surface area contributed by atoms with Crippen molar-refractivity contribution in [2.45, 2.75) is 75.6 Å². The van der Waals surface area contributed by atoms with Crippen molar-refractivity contribution >= 4 is 29.4 Å². The lowest BCUT2D eigenvalue weighted by Gasteiger charge is -2.58. The van der Waals surface area contributed by atoms with Crippen LogP contribution in [0.5, 0.6) is 5.75 Å². The zero-order chi connectivity index (χ0) is 23.2. The molecule has 1 aliphatic carbocycles. The van der Waals surface area contributed by atoms with Gasteiger partial charge in [-0.2, -0.15) is 0 Å². The smallest absolute Gasteiger partial charge is 0.249 e. The van der Waals surface area contributed by atoms with Gasteiger partial charge in [0.25, 0.3) is 0 Å². The molecule has 4 saturated heterocycles. The Bertz CT molecular complexity index is 1230. The number of ketones is 1. The first-order valence-electron chi connectivity index (χ1n) is 12.0. The molecule has 1 aromatic rings. The van der Waals surface area contributed by atoms with Gasteiger partial charge in [0.15, 0.2) is 5.78 Å². The first-order chi connectivity index (χ1) is 15.5. The Hall–Kier alpha value is -2.83. The minimum absolute atomic E-state index is 0.00152. The second kappa shape index (κ2) is 5.29. The summed E-state index contributed by atoms with van der Waals surface area (Å²) in [5, 5.41) is 6.80. The van der Waals surface area contributed by atoms with E-state index in [9.17, 15) is 14.4 Å². The van der Waals surface area contributed by atoms with Gasteiger partial charge in [-0.05, 0) is 57.4 Å². The number of piperidine rings is 2. The molecule has 172 valence electrons. The van der Waals surface area contributed by atoms with Crippen molar-refractivity contribution in [1.29, 1.82) is 0 Å². The lowest BCUT2D eigenvalue weighted by atomic mass is 9.59. The molecule has 4 atom stereocenters. The fourth-order valence-electron chi connectivity index (χ4n) is 7.99. The Morgan fingerprint density at radius 2 is 1.88 bits per heavy atom. The average Bonchev–Trinajstić information content (AvgIpc) is 3.35. The van der Waals surface area contributed by atoms with Crippen molar-refractivity contribution in [2.24, 2.45) is 11.3 Å². The third kappa shape index (κ3) is 1.91. The van der Waals surface area contributed by atoms with E-state index >= 15 is 0 Å². The minimum Gasteiger partial charge on any atom is -0.483 e. The molecule has 3 spiro atoms. The maximum atomic E-state index is 14.1. The van der Waals surface area contributed by atoms with E-state index in [-0.39, 0.29) is 29.9 Å². The number of hydrogen-bond donors (Lipinski definition) is 2. The Morgan fingerprint density at radius 3 is 2.67 bits per heavy atom. The number of Topliss-reactive ketones (excluding diaryl/α,β-unsaturated/α-hetero) is 1. The highest BCUT2D eigenvalue weighted by atomic mass is 16.5. The summed E-state index contributed by atoms with van der Waals surface area (Å²) in [6.07, 6.45) is 6.48. The molecule has 0 aromatic heterocycles. The Kier molecular flexibility index (Phi) is 3.14. The van der Waals surface area contributed by atoms with E-state index in [1.165, 1.54) is 0 Å². The number of piperazine rings is 1. The van der Waals surface area contributed by atoms with Crippen LogP contribution in [0, 0.1) is 11.3 Å². The zero-order valence-electron chi connectivity index (χ0n) is 19.5. The van der Waals surface area contributed by atoms with Crippen LogP contribution in [0.2, 0.25) is 0 Å². The molecule has 2 N–H and O–H groups in total. The van der Waals surface area contributed by atoms with Crippen LogP contribution in [0.4, 0.5) is 5.69 Å². The molecule has 0 radical (unpaired) electrons. The van der Waals surface area contributed by atoms with E-state index < -0.39 is 27.6 Å². The van der Waals surface area contributed by atoms with Gasteiger partial charge in [-0.3, -0.25) is 14.4 Å². The van der Waals surface area contributed by atoms with Crippen molar-refractivity contribution in [3.05, 3.63) is 29.3 Å². The van der Waals surface area contributed by atoms with Gasteiger partial charge < -0.3 is 20.3 Å². The summed E-state index contributed by atoms with van der Waals surface area (Å²) in [6, 6.07) is 3.72. The lowest BCUT2D eigenvalue weighted by molar-refractivity contribution is -0.175. The predicted molar refractivity (Wildman–Crippen MR) is 122 cm³/mol. The second-order valence-electron chi connectivity index (χ2n) is 12.0. The molecular weight excluding hydrogens is 418 g/mol. The van der Waals surface area contributed by atoms with Crippen LogP contribution >= 0.6 is 0 Å². The van der Waals surface area contributed by atoms with Crippen LogP contribution < -0.4 is 15.4 Å². The number of nitrogens with one attached hydrogen (secondary N) is 2. The molecule has 7 nitrogen and oxygen atoms in total. The van der Waals surface area contributed by atoms with Crippen molar-refractivity contribution in [1.82, 2.24) is 10.2 Å². The lowest BCUT2D eigenvalue weighted by Crippen LogP contribution is -2.81. The van der Waals surface area contributed by atoms with Gasteiger partial charge in [0.1, 0.15) is 28.0 Å². The monoisotopic (exact) mass is 447 g/mol. The number of amides is 2. The molecular formula is C26H29N3O4. The van der Waals surface area contributed by atoms with Gasteiger partial charge >= 0.3 is 0 Å². The maximum Gasteiger partial charge on any atom is 0.249 e. The van der Waals surface area contributed by atoms with Crippen molar-refractivity contribution < 1.29 is 19.1 Å². The summed E-state index contributed by atoms with van der Waals surface area (Å²) in [4.78, 5) is 43.1. The molecule has 33 heavy (non-hydrogen) atoms. The SMILES string of the molecule is CC1(C)C=Cc2c(ccc3c2N[C@@]2(C[C@]45NC(=O)[C@@]6(CCCN6C4=O)C[C@H]5C2(C)C)C3=O)O1. The summed E-state index contributed by atoms with van der Waals surface area (Å²) >= 11 is 0. The number of carbonyl (C=O) groups is 3. The molecule has 7 aliphatic rings. The van der Waals surface area contributed by atoms with Crippen LogP contribution in [0.3, 0.4) is 0 Å². The van der Waals surface area contributed by atoms with E-state index in [1.807, 2.05) is 43.0 Å². The first-order valence-corrected chi connectivity index (χ1v) is 12.0. The molecule has 0 unspecified atom stereocenters. The van der Waals surface area contributed by atoms with Gasteiger partial charge in [0, 0.05) is 35.4 Å². The average molecular weight is 448 g/mol. The van der Waals surface area contributed by atoms with Gasteiger partial charge in [-0.15, -0.1) is 0 Å². The summed E-state index contributed by atoms with van der Waals surface area (Å²) in [5.74, 6) is 0.600. The van der Waals surface area contributed by atoms with Crippen LogP contribution in [0.15, 0.2) is 18.2 Å². The third-order valence-electron chi connectivity index (χ3n) is 9.73. The van der Waals surface area contributed by atoms with Crippen LogP contribution in [0.25, 0.3) is 6.08 Å². The minimum atomic E-state index is -1.04. The highest BCUT2D eigenvalue weighted by Gasteiger charge is 2.80. The van der Waals surface area contributed by atoms with E-state index in [0.717, 1.165) is 23.4 Å². The molecule has 5 fully saturated rings. The summed E-state index contributed by atoms with van der Waals surface area (Å²) in [5.41, 5.74) is -1.42. The molecule has 8 rings (SSSR count). The van der Waals surface area contributed by atoms with Gasteiger partial charge in [0.2, 0.25) is 11.8 Å². The summed E-state index contributed by atoms with van der Waals surface area (Å²) < 4.78 is 6.15. The van der Waals surface area contributed by atoms with E-state index in [2.05, 4.69) is 24.5 Å². The molecule has 2 bridgehead atoms. The molecule has 1 aromatic carbocycles. The summed E-state index contributed by atoms with van der Waals surface area (Å²) in [7, 11) is 0. The zero-order valence-corrected chi connectivity index (χ0v) is 19.5. The molecule has 2 amide bonds. The fourth-order valence-corrected chi connectivity index (χ4v) is 7.99. The van der Waals surface area contributed by atoms with E-state index in [4.69, 9.17) is 4.74 Å². The predicted octanol–water partition coefficient (Wildman–Crippen LogP) is 2.90. The largest absolute Gasteiger partial charge is 0.483 e. The van der Waals surface area contributed by atoms with Crippen LogP contribution in [0.1, 0.15) is 69.3 Å². The van der Waals surface area contributed by atoms with Crippen molar-refractivity contribution in [3.63, 3.8) is 0 Å². The number of ether oxygens (including phenoxy) is 1. The van der Waals surface area contributed by atoms with Crippen molar-refractivity contribution in [2.75, 3.05) is 11.9 Å². The van der Waals surface area contributed by atoms with Crippen LogP contribution in [-0.2, 0) is 9.59 Å². The number of fused-ring (bicyclic) bond motifs is 4. The Balaban J connectivity index is 1.38. The molecule has 6 heterocycles. The highest BCUT2D eigenvalue weighted by molar-refractivity contribution is 6.17. The second-order valence-corrected chi connectivity index (χ2v) is 12.0. The number of rotatable bonds is 0. The molecule has 6 aliphatic heterocycles. The normalized spacial score (nSPS) is 40.2. The summed E-state index contributed by atoms with van der Waals surface area (Å²) in [6.45, 7) is 8.82. The number of hydrogen-bond acceptors (Lipinski definition) is 5. The van der Waals surface area contributed by atoms with E-state index in [1.54, 1.807) is 0 Å². The highest BCUT2D eigenvalue weighted by Crippen LogP contribution is 2.67. The van der Waals surface area contributed by atoms with E-state index in [0.29, 0.717) is 24.9 Å². The van der Waals surface area contributed by atoms with Gasteiger partial charge in [-0.25, -0.2) is 0 Å². The fraction of sp³-hybridized carbons (Fsp3) is 0.577. The first kappa shape index (κ1) is 19.6. The number of nitrogens with zero attached hydrogens (tertiary/aromatic N) is 1. The molecule has 1 saturated carbocycles. The third-order valence-corrected chi connectivity index (χ3v) is 9.73. The topological polar surface area (TPSA) is 87.7 Å². The van der Waals surface area contributed by atoms with Gasteiger partial charge in [-0.1, -0.05) is 13.8 Å². The standard InChI is InChI=1S/C26H29N3O4/c1-22(2)10-8-14-16(33-22)7-6-15-18(14)27-26(19(15)30)13-25-17(23(26,3)4)12-24(20(31)28-25)9-5-11-29(24)21(25)32/h6-8,10,17,27H,5,9,11-13H2,1-4H3,(H,28,31)/t17-,24+,25+,26-/m0/s1. The molecule has 7 heteroatoms. The number of carbonyl (C=O) groups excluding carboxylic acids is 3. The maximum absolute atomic E-state index is 14.1. The quantitative estimate of drug-likeness (QED) is 0.639.